The number of thiophene rings is 1. The second kappa shape index (κ2) is 5.68. The average molecular weight is 352 g/mol. The van der Waals surface area contributed by atoms with Crippen LogP contribution >= 0.6 is 11.3 Å². The van der Waals surface area contributed by atoms with Gasteiger partial charge in [-0.25, -0.2) is 0 Å². The van der Waals surface area contributed by atoms with Crippen molar-refractivity contribution < 1.29 is 0 Å². The molecule has 0 amide bonds. The van der Waals surface area contributed by atoms with Crippen LogP contribution in [0.15, 0.2) is 74.0 Å². The van der Waals surface area contributed by atoms with E-state index in [1.807, 2.05) is 24.4 Å². The zero-order chi connectivity index (χ0) is 17.7. The van der Waals surface area contributed by atoms with Gasteiger partial charge in [-0.1, -0.05) is 55.6 Å². The number of rotatable bonds is 3. The summed E-state index contributed by atoms with van der Waals surface area (Å²) in [6.07, 6.45) is 5.66. The number of benzene rings is 2. The van der Waals surface area contributed by atoms with Crippen molar-refractivity contribution in [2.24, 2.45) is 0 Å². The van der Waals surface area contributed by atoms with Gasteiger partial charge in [0.25, 0.3) is 0 Å². The summed E-state index contributed by atoms with van der Waals surface area (Å²) in [6, 6.07) is 18.9. The third kappa shape index (κ3) is 1.95. The molecule has 0 bridgehead atoms. The Morgan fingerprint density at radius 3 is 2.65 bits per heavy atom. The predicted molar refractivity (Wildman–Crippen MR) is 114 cm³/mol. The van der Waals surface area contributed by atoms with E-state index in [1.165, 1.54) is 20.3 Å². The molecular formula is C23H16N2S. The largest absolute Gasteiger partial charge is 0.298 e. The van der Waals surface area contributed by atoms with Gasteiger partial charge in [0, 0.05) is 27.2 Å². The van der Waals surface area contributed by atoms with E-state index in [0.717, 1.165) is 27.8 Å². The smallest absolute Gasteiger partial charge is 0.111 e. The van der Waals surface area contributed by atoms with Crippen molar-refractivity contribution in [3.05, 3.63) is 85.1 Å². The summed E-state index contributed by atoms with van der Waals surface area (Å²) in [5.41, 5.74) is 5.43. The molecule has 5 rings (SSSR count). The van der Waals surface area contributed by atoms with Gasteiger partial charge >= 0.3 is 0 Å². The molecule has 0 aliphatic carbocycles. The van der Waals surface area contributed by atoms with Crippen LogP contribution in [0.3, 0.4) is 0 Å². The zero-order valence-electron chi connectivity index (χ0n) is 14.1. The van der Waals surface area contributed by atoms with Crippen molar-refractivity contribution in [3.8, 4) is 5.69 Å². The number of hydrogen-bond donors (Lipinski definition) is 0. The Bertz CT molecular complexity index is 1320. The number of nitrogens with zero attached hydrogens (tertiary/aromatic N) is 2. The SMILES string of the molecule is C=Cc1cccc(-n2c3cccnc3c3c4ccccc4sc32)c1C=C. The van der Waals surface area contributed by atoms with Crippen LogP contribution in [0.2, 0.25) is 0 Å². The molecule has 0 saturated carbocycles. The van der Waals surface area contributed by atoms with Gasteiger partial charge < -0.3 is 0 Å². The van der Waals surface area contributed by atoms with Gasteiger partial charge in [0.05, 0.1) is 16.7 Å². The maximum Gasteiger partial charge on any atom is 0.111 e. The number of aromatic nitrogens is 2. The summed E-state index contributed by atoms with van der Waals surface area (Å²) < 4.78 is 3.59. The van der Waals surface area contributed by atoms with Gasteiger partial charge in [-0.05, 0) is 29.8 Å². The van der Waals surface area contributed by atoms with Crippen LogP contribution < -0.4 is 0 Å². The highest BCUT2D eigenvalue weighted by molar-refractivity contribution is 7.25. The molecule has 2 nitrogen and oxygen atoms in total. The molecule has 26 heavy (non-hydrogen) atoms. The molecule has 0 aliphatic rings. The molecular weight excluding hydrogens is 336 g/mol. The fraction of sp³-hybridized carbons (Fsp3) is 0. The molecule has 5 aromatic rings. The van der Waals surface area contributed by atoms with Crippen molar-refractivity contribution in [1.29, 1.82) is 0 Å². The molecule has 3 heteroatoms. The van der Waals surface area contributed by atoms with E-state index < -0.39 is 0 Å². The van der Waals surface area contributed by atoms with E-state index in [9.17, 15) is 0 Å². The van der Waals surface area contributed by atoms with Crippen LogP contribution in [0.25, 0.3) is 49.2 Å². The number of hydrogen-bond acceptors (Lipinski definition) is 2. The maximum absolute atomic E-state index is 4.72. The van der Waals surface area contributed by atoms with Crippen molar-refractivity contribution in [1.82, 2.24) is 9.55 Å². The first kappa shape index (κ1) is 15.1. The van der Waals surface area contributed by atoms with Gasteiger partial charge in [-0.3, -0.25) is 9.55 Å². The molecule has 3 aromatic heterocycles. The molecule has 0 N–H and O–H groups in total. The minimum atomic E-state index is 1.04. The molecule has 0 atom stereocenters. The van der Waals surface area contributed by atoms with Gasteiger partial charge in [0.15, 0.2) is 0 Å². The molecule has 3 heterocycles. The summed E-state index contributed by atoms with van der Waals surface area (Å²) in [5.74, 6) is 0. The fourth-order valence-electron chi connectivity index (χ4n) is 3.70. The van der Waals surface area contributed by atoms with E-state index >= 15 is 0 Å². The standard InChI is InChI=1S/C23H16N2S/c1-3-15-9-7-11-18(16(15)4-2)25-19-12-8-14-24-22(19)21-17-10-5-6-13-20(17)26-23(21)25/h3-14H,1-2H2. The van der Waals surface area contributed by atoms with E-state index in [1.54, 1.807) is 11.3 Å². The third-order valence-corrected chi connectivity index (χ3v) is 5.98. The van der Waals surface area contributed by atoms with E-state index in [4.69, 9.17) is 4.98 Å². The van der Waals surface area contributed by atoms with Crippen LogP contribution in [-0.4, -0.2) is 9.55 Å². The second-order valence-corrected chi connectivity index (χ2v) is 7.20. The van der Waals surface area contributed by atoms with E-state index in [0.29, 0.717) is 0 Å². The minimum Gasteiger partial charge on any atom is -0.298 e. The van der Waals surface area contributed by atoms with Crippen LogP contribution in [0.1, 0.15) is 11.1 Å². The average Bonchev–Trinajstić information content (AvgIpc) is 3.21. The van der Waals surface area contributed by atoms with Crippen molar-refractivity contribution >= 4 is 54.8 Å². The molecule has 0 fully saturated rings. The lowest BCUT2D eigenvalue weighted by molar-refractivity contribution is 1.18. The van der Waals surface area contributed by atoms with Crippen LogP contribution in [0, 0.1) is 0 Å². The summed E-state index contributed by atoms with van der Waals surface area (Å²) in [4.78, 5) is 5.93. The van der Waals surface area contributed by atoms with Gasteiger partial charge in [-0.2, -0.15) is 0 Å². The monoisotopic (exact) mass is 352 g/mol. The lowest BCUT2D eigenvalue weighted by Gasteiger charge is -2.12. The number of fused-ring (bicyclic) bond motifs is 5. The van der Waals surface area contributed by atoms with Gasteiger partial charge in [-0.15, -0.1) is 11.3 Å². The normalized spacial score (nSPS) is 11.4. The Morgan fingerprint density at radius 2 is 1.81 bits per heavy atom. The Hall–Kier alpha value is -3.17. The predicted octanol–water partition coefficient (Wildman–Crippen LogP) is 6.68. The van der Waals surface area contributed by atoms with E-state index in [2.05, 4.69) is 66.3 Å². The highest BCUT2D eigenvalue weighted by atomic mass is 32.1. The van der Waals surface area contributed by atoms with Crippen molar-refractivity contribution in [3.63, 3.8) is 0 Å². The number of pyridine rings is 1. The summed E-state index contributed by atoms with van der Waals surface area (Å²) in [6.45, 7) is 7.99. The molecule has 0 radical (unpaired) electrons. The first-order valence-corrected chi connectivity index (χ1v) is 9.30. The Kier molecular flexibility index (Phi) is 3.30. The first-order chi connectivity index (χ1) is 12.8. The first-order valence-electron chi connectivity index (χ1n) is 8.48. The van der Waals surface area contributed by atoms with Crippen LogP contribution in [-0.2, 0) is 0 Å². The second-order valence-electron chi connectivity index (χ2n) is 6.17. The molecule has 0 saturated heterocycles. The van der Waals surface area contributed by atoms with E-state index in [-0.39, 0.29) is 0 Å². The molecule has 0 aliphatic heterocycles. The third-order valence-electron chi connectivity index (χ3n) is 4.83. The Labute approximate surface area is 155 Å². The van der Waals surface area contributed by atoms with Gasteiger partial charge in [0.2, 0.25) is 0 Å². The van der Waals surface area contributed by atoms with Crippen molar-refractivity contribution in [2.75, 3.05) is 0 Å². The molecule has 0 unspecified atom stereocenters. The quantitative estimate of drug-likeness (QED) is 0.354. The molecule has 2 aromatic carbocycles. The molecule has 0 spiro atoms. The summed E-state index contributed by atoms with van der Waals surface area (Å²) >= 11 is 1.80. The topological polar surface area (TPSA) is 17.8 Å². The van der Waals surface area contributed by atoms with Crippen LogP contribution in [0.5, 0.6) is 0 Å². The zero-order valence-corrected chi connectivity index (χ0v) is 15.0. The highest BCUT2D eigenvalue weighted by Crippen LogP contribution is 2.42. The minimum absolute atomic E-state index is 1.04. The Balaban J connectivity index is 2.03. The fourth-order valence-corrected chi connectivity index (χ4v) is 4.93. The van der Waals surface area contributed by atoms with Gasteiger partial charge in [0.1, 0.15) is 4.83 Å². The Morgan fingerprint density at radius 1 is 0.923 bits per heavy atom. The lowest BCUT2D eigenvalue weighted by atomic mass is 10.1. The highest BCUT2D eigenvalue weighted by Gasteiger charge is 2.19. The summed E-state index contributed by atoms with van der Waals surface area (Å²) in [7, 11) is 0. The summed E-state index contributed by atoms with van der Waals surface area (Å²) in [5, 5.41) is 2.48. The lowest BCUT2D eigenvalue weighted by Crippen LogP contribution is -1.97. The van der Waals surface area contributed by atoms with Crippen LogP contribution in [0.4, 0.5) is 0 Å². The maximum atomic E-state index is 4.72. The molecule has 124 valence electrons. The van der Waals surface area contributed by atoms with Crippen molar-refractivity contribution in [2.45, 2.75) is 0 Å².